The Morgan fingerprint density at radius 2 is 2.50 bits per heavy atom. The summed E-state index contributed by atoms with van der Waals surface area (Å²) in [5.74, 6) is -0.864. The van der Waals surface area contributed by atoms with Crippen LogP contribution in [0.5, 0.6) is 0 Å². The van der Waals surface area contributed by atoms with Crippen molar-refractivity contribution >= 4 is 17.1 Å². The number of carbonyl (C=O) groups excluding carboxylic acids is 1. The molecule has 0 spiro atoms. The van der Waals surface area contributed by atoms with Crippen LogP contribution in [-0.2, 0) is 4.79 Å². The Labute approximate surface area is 89.6 Å². The number of hydrogen-bond donors (Lipinski definition) is 2. The van der Waals surface area contributed by atoms with Crippen LogP contribution in [0.2, 0.25) is 0 Å². The third kappa shape index (κ3) is 1.91. The number of nitrogens with two attached hydrogens (primary N) is 1. The maximum absolute atomic E-state index is 10.6. The fraction of sp³-hybridized carbons (Fsp3) is 0.250. The Kier molecular flexibility index (Phi) is 2.64. The highest BCUT2D eigenvalue weighted by molar-refractivity contribution is 5.78. The molecule has 0 fully saturated rings. The molecule has 0 radical (unpaired) electrons. The second kappa shape index (κ2) is 4.11. The van der Waals surface area contributed by atoms with Gasteiger partial charge >= 0.3 is 0 Å². The van der Waals surface area contributed by atoms with Crippen LogP contribution < -0.4 is 10.6 Å². The van der Waals surface area contributed by atoms with E-state index in [-0.39, 0.29) is 6.61 Å². The minimum Gasteiger partial charge on any atom is -0.390 e. The maximum Gasteiger partial charge on any atom is 0.249 e. The first-order valence-electron chi connectivity index (χ1n) is 4.45. The predicted molar refractivity (Wildman–Crippen MR) is 52.0 cm³/mol. The van der Waals surface area contributed by atoms with Crippen molar-refractivity contribution in [2.24, 2.45) is 5.73 Å². The van der Waals surface area contributed by atoms with Gasteiger partial charge in [-0.1, -0.05) is 4.85 Å². The van der Waals surface area contributed by atoms with Crippen molar-refractivity contribution in [2.45, 2.75) is 6.10 Å². The molecule has 0 aromatic carbocycles. The van der Waals surface area contributed by atoms with Crippen molar-refractivity contribution in [3.8, 4) is 0 Å². The summed E-state index contributed by atoms with van der Waals surface area (Å²) in [5, 5.41) is 16.5. The molecule has 0 aliphatic rings. The number of nitrogens with zero attached hydrogens (tertiary/aromatic N) is 4. The summed E-state index contributed by atoms with van der Waals surface area (Å²) in [7, 11) is 0. The summed E-state index contributed by atoms with van der Waals surface area (Å²) in [4.78, 5) is 20.6. The molecule has 0 bridgehead atoms. The molecule has 1 amide bonds. The number of carbonyl (C=O) groups is 1. The van der Waals surface area contributed by atoms with Crippen LogP contribution in [-0.4, -0.2) is 43.9 Å². The molecule has 2 aromatic rings. The zero-order valence-electron chi connectivity index (χ0n) is 8.15. The summed E-state index contributed by atoms with van der Waals surface area (Å²) in [6.45, 7) is -0.301. The zero-order valence-corrected chi connectivity index (χ0v) is 8.15. The van der Waals surface area contributed by atoms with E-state index >= 15 is 0 Å². The molecule has 84 valence electrons. The maximum atomic E-state index is 10.6. The first-order chi connectivity index (χ1) is 7.68. The summed E-state index contributed by atoms with van der Waals surface area (Å²) >= 11 is 0. The van der Waals surface area contributed by atoms with Gasteiger partial charge in [-0.05, 0) is 17.3 Å². The van der Waals surface area contributed by atoms with Gasteiger partial charge in [0, 0.05) is 6.20 Å². The van der Waals surface area contributed by atoms with Crippen molar-refractivity contribution in [3.63, 3.8) is 0 Å². The molecule has 2 aromatic heterocycles. The van der Waals surface area contributed by atoms with Gasteiger partial charge in [0.15, 0.2) is 12.7 Å². The number of primary amides is 1. The number of pyridine rings is 1. The lowest BCUT2D eigenvalue weighted by atomic mass is 10.4. The first-order valence-corrected chi connectivity index (χ1v) is 4.45. The third-order valence-electron chi connectivity index (χ3n) is 1.86. The minimum atomic E-state index is -1.39. The van der Waals surface area contributed by atoms with Crippen LogP contribution in [0.4, 0.5) is 0 Å². The zero-order chi connectivity index (χ0) is 11.5. The topological polar surface area (TPSA) is 116 Å². The predicted octanol–water partition coefficient (Wildman–Crippen LogP) is -1.90. The van der Waals surface area contributed by atoms with Crippen LogP contribution >= 0.6 is 0 Å². The highest BCUT2D eigenvalue weighted by atomic mass is 16.7. The van der Waals surface area contributed by atoms with Crippen LogP contribution in [0.1, 0.15) is 0 Å². The molecule has 3 N–H and O–H groups in total. The largest absolute Gasteiger partial charge is 0.390 e. The molecule has 0 saturated carbocycles. The number of fused-ring (bicyclic) bond motifs is 1. The van der Waals surface area contributed by atoms with Gasteiger partial charge in [0.1, 0.15) is 5.52 Å². The van der Waals surface area contributed by atoms with E-state index < -0.39 is 12.0 Å². The summed E-state index contributed by atoms with van der Waals surface area (Å²) in [5.41, 5.74) is 5.81. The molecule has 8 heteroatoms. The normalized spacial score (nSPS) is 12.6. The summed E-state index contributed by atoms with van der Waals surface area (Å²) < 4.78 is 0. The van der Waals surface area contributed by atoms with Crippen molar-refractivity contribution in [3.05, 3.63) is 18.3 Å². The number of aromatic nitrogens is 4. The van der Waals surface area contributed by atoms with Gasteiger partial charge in [-0.3, -0.25) is 4.79 Å². The molecule has 8 nitrogen and oxygen atoms in total. The highest BCUT2D eigenvalue weighted by Crippen LogP contribution is 2.04. The molecule has 0 aliphatic heterocycles. The van der Waals surface area contributed by atoms with E-state index in [2.05, 4.69) is 15.3 Å². The molecule has 2 rings (SSSR count). The molecule has 1 atom stereocenters. The van der Waals surface area contributed by atoms with Gasteiger partial charge < -0.3 is 15.7 Å². The van der Waals surface area contributed by atoms with Crippen molar-refractivity contribution in [2.75, 3.05) is 6.61 Å². The van der Waals surface area contributed by atoms with Crippen LogP contribution in [0.25, 0.3) is 11.2 Å². The average molecular weight is 223 g/mol. The monoisotopic (exact) mass is 223 g/mol. The Balaban J connectivity index is 2.13. The molecule has 16 heavy (non-hydrogen) atoms. The first kappa shape index (κ1) is 10.3. The van der Waals surface area contributed by atoms with E-state index in [0.717, 1.165) is 4.85 Å². The van der Waals surface area contributed by atoms with Gasteiger partial charge in [-0.2, -0.15) is 0 Å². The molecule has 0 aliphatic carbocycles. The SMILES string of the molecule is NC(=O)C(O)COn1nnc2cccnc21. The van der Waals surface area contributed by atoms with Crippen LogP contribution in [0.15, 0.2) is 18.3 Å². The standard InChI is InChI=1S/C8H9N5O3/c9-7(15)6(14)4-16-13-8-5(11-12-13)2-1-3-10-8/h1-3,6,14H,4H2,(H2,9,15). The van der Waals surface area contributed by atoms with E-state index in [1.807, 2.05) is 0 Å². The molecular formula is C8H9N5O3. The molecule has 0 saturated heterocycles. The quantitative estimate of drug-likeness (QED) is 0.625. The Bertz CT molecular complexity index is 511. The van der Waals surface area contributed by atoms with Crippen molar-refractivity contribution in [1.82, 2.24) is 20.1 Å². The van der Waals surface area contributed by atoms with E-state index in [4.69, 9.17) is 15.7 Å². The van der Waals surface area contributed by atoms with Crippen LogP contribution in [0.3, 0.4) is 0 Å². The Morgan fingerprint density at radius 1 is 1.69 bits per heavy atom. The second-order valence-electron chi connectivity index (χ2n) is 3.02. The lowest BCUT2D eigenvalue weighted by Gasteiger charge is -2.07. The van der Waals surface area contributed by atoms with Crippen molar-refractivity contribution in [1.29, 1.82) is 0 Å². The second-order valence-corrected chi connectivity index (χ2v) is 3.02. The van der Waals surface area contributed by atoms with Gasteiger partial charge in [-0.25, -0.2) is 4.98 Å². The molecule has 2 heterocycles. The minimum absolute atomic E-state index is 0.301. The van der Waals surface area contributed by atoms with Gasteiger partial charge in [0.2, 0.25) is 11.6 Å². The molecule has 1 unspecified atom stereocenters. The smallest absolute Gasteiger partial charge is 0.249 e. The van der Waals surface area contributed by atoms with E-state index in [1.54, 1.807) is 18.3 Å². The molecular weight excluding hydrogens is 214 g/mol. The van der Waals surface area contributed by atoms with E-state index in [1.165, 1.54) is 0 Å². The lowest BCUT2D eigenvalue weighted by molar-refractivity contribution is -0.129. The van der Waals surface area contributed by atoms with Gasteiger partial charge in [0.25, 0.3) is 0 Å². The number of aliphatic hydroxyl groups is 1. The number of amides is 1. The van der Waals surface area contributed by atoms with Gasteiger partial charge in [0.05, 0.1) is 0 Å². The number of aliphatic hydroxyl groups excluding tert-OH is 1. The Morgan fingerprint density at radius 3 is 3.25 bits per heavy atom. The van der Waals surface area contributed by atoms with E-state index in [9.17, 15) is 4.79 Å². The van der Waals surface area contributed by atoms with E-state index in [0.29, 0.717) is 11.2 Å². The third-order valence-corrected chi connectivity index (χ3v) is 1.86. The van der Waals surface area contributed by atoms with Crippen LogP contribution in [0, 0.1) is 0 Å². The van der Waals surface area contributed by atoms with Gasteiger partial charge in [-0.15, -0.1) is 5.10 Å². The summed E-state index contributed by atoms with van der Waals surface area (Å²) in [6.07, 6.45) is 0.166. The fourth-order valence-corrected chi connectivity index (χ4v) is 1.06. The fourth-order valence-electron chi connectivity index (χ4n) is 1.06. The lowest BCUT2D eigenvalue weighted by Crippen LogP contribution is -2.36. The number of rotatable bonds is 4. The Hall–Kier alpha value is -2.22. The summed E-state index contributed by atoms with van der Waals surface area (Å²) in [6, 6.07) is 3.42. The average Bonchev–Trinajstić information content (AvgIpc) is 2.69. The number of hydrogen-bond acceptors (Lipinski definition) is 6. The highest BCUT2D eigenvalue weighted by Gasteiger charge is 2.13. The van der Waals surface area contributed by atoms with Crippen molar-refractivity contribution < 1.29 is 14.7 Å².